The fraction of sp³-hybridized carbons (Fsp3) is 0.429. The van der Waals surface area contributed by atoms with E-state index in [9.17, 15) is 8.78 Å². The molecule has 0 aliphatic rings. The number of aromatic nitrogens is 2. The number of alkyl halides is 2. The van der Waals surface area contributed by atoms with E-state index in [1.165, 1.54) is 6.20 Å². The maximum atomic E-state index is 11.5. The molecule has 1 rings (SSSR count). The summed E-state index contributed by atoms with van der Waals surface area (Å²) in [4.78, 5) is 7.62. The summed E-state index contributed by atoms with van der Waals surface area (Å²) in [7, 11) is 0. The van der Waals surface area contributed by atoms with Crippen molar-refractivity contribution < 1.29 is 13.5 Å². The monoisotopic (exact) mass is 174 g/mol. The molecule has 0 N–H and O–H groups in total. The topological polar surface area (TPSA) is 35.0 Å². The van der Waals surface area contributed by atoms with Crippen LogP contribution in [0.5, 0.6) is 0 Å². The molecular formula is C7H8F2N2O. The lowest BCUT2D eigenvalue weighted by atomic mass is 10.4. The van der Waals surface area contributed by atoms with Crippen LogP contribution in [0.25, 0.3) is 0 Å². The lowest BCUT2D eigenvalue weighted by molar-refractivity contribution is -0.138. The molecule has 3 nitrogen and oxygen atoms in total. The zero-order valence-corrected chi connectivity index (χ0v) is 6.50. The fourth-order valence-electron chi connectivity index (χ4n) is 0.708. The van der Waals surface area contributed by atoms with Gasteiger partial charge in [0.05, 0.1) is 0 Å². The minimum absolute atomic E-state index is 0.251. The van der Waals surface area contributed by atoms with Crippen molar-refractivity contribution in [2.45, 2.75) is 20.1 Å². The summed E-state index contributed by atoms with van der Waals surface area (Å²) in [6, 6.07) is 1.69. The van der Waals surface area contributed by atoms with Crippen molar-refractivity contribution in [1.82, 2.24) is 9.97 Å². The minimum atomic E-state index is -2.77. The first kappa shape index (κ1) is 8.99. The van der Waals surface area contributed by atoms with Gasteiger partial charge in [-0.1, -0.05) is 0 Å². The summed E-state index contributed by atoms with van der Waals surface area (Å²) >= 11 is 0. The SMILES string of the molecule is Cc1ccnc(COC(F)F)n1. The molecule has 0 spiro atoms. The van der Waals surface area contributed by atoms with Crippen LogP contribution >= 0.6 is 0 Å². The standard InChI is InChI=1S/C7H8F2N2O/c1-5-2-3-10-6(11-5)4-12-7(8)9/h2-3,7H,4H2,1H3. The third-order valence-electron chi connectivity index (χ3n) is 1.18. The van der Waals surface area contributed by atoms with Crippen LogP contribution in [0.3, 0.4) is 0 Å². The minimum Gasteiger partial charge on any atom is -0.315 e. The van der Waals surface area contributed by atoms with Crippen LogP contribution in [-0.2, 0) is 11.3 Å². The molecule has 0 unspecified atom stereocenters. The highest BCUT2D eigenvalue weighted by atomic mass is 19.3. The Morgan fingerprint density at radius 2 is 2.33 bits per heavy atom. The predicted octanol–water partition coefficient (Wildman–Crippen LogP) is 1.52. The van der Waals surface area contributed by atoms with Gasteiger partial charge in [-0.05, 0) is 13.0 Å². The van der Waals surface area contributed by atoms with Crippen molar-refractivity contribution in [1.29, 1.82) is 0 Å². The third-order valence-corrected chi connectivity index (χ3v) is 1.18. The highest BCUT2D eigenvalue weighted by Gasteiger charge is 2.03. The van der Waals surface area contributed by atoms with Crippen molar-refractivity contribution in [2.75, 3.05) is 0 Å². The average Bonchev–Trinajstić information content (AvgIpc) is 2.01. The summed E-state index contributed by atoms with van der Waals surface area (Å²) in [5, 5.41) is 0. The second kappa shape index (κ2) is 4.06. The molecule has 0 atom stereocenters. The lowest BCUT2D eigenvalue weighted by Gasteiger charge is -2.00. The van der Waals surface area contributed by atoms with E-state index in [4.69, 9.17) is 0 Å². The number of hydrogen-bond acceptors (Lipinski definition) is 3. The number of hydrogen-bond donors (Lipinski definition) is 0. The van der Waals surface area contributed by atoms with Gasteiger partial charge in [-0.15, -0.1) is 0 Å². The Hall–Kier alpha value is -1.10. The maximum absolute atomic E-state index is 11.5. The number of rotatable bonds is 3. The molecule has 0 aliphatic heterocycles. The Bertz CT molecular complexity index is 255. The van der Waals surface area contributed by atoms with Gasteiger partial charge in [-0.3, -0.25) is 0 Å². The molecular weight excluding hydrogens is 166 g/mol. The first-order valence-corrected chi connectivity index (χ1v) is 3.37. The molecule has 5 heteroatoms. The van der Waals surface area contributed by atoms with E-state index in [1.54, 1.807) is 13.0 Å². The summed E-state index contributed by atoms with van der Waals surface area (Å²) < 4.78 is 27.1. The second-order valence-electron chi connectivity index (χ2n) is 2.19. The molecule has 0 saturated heterocycles. The zero-order chi connectivity index (χ0) is 8.97. The normalized spacial score (nSPS) is 10.7. The largest absolute Gasteiger partial charge is 0.345 e. The van der Waals surface area contributed by atoms with Crippen LogP contribution in [0.4, 0.5) is 8.78 Å². The van der Waals surface area contributed by atoms with E-state index in [0.717, 1.165) is 5.69 Å². The molecule has 66 valence electrons. The molecule has 0 aliphatic carbocycles. The van der Waals surface area contributed by atoms with E-state index in [0.29, 0.717) is 0 Å². The van der Waals surface area contributed by atoms with E-state index in [1.807, 2.05) is 0 Å². The number of ether oxygens (including phenoxy) is 1. The molecule has 0 fully saturated rings. The van der Waals surface area contributed by atoms with Gasteiger partial charge in [0.2, 0.25) is 0 Å². The van der Waals surface area contributed by atoms with Crippen molar-refractivity contribution in [3.05, 3.63) is 23.8 Å². The molecule has 0 radical (unpaired) electrons. The van der Waals surface area contributed by atoms with Gasteiger partial charge >= 0.3 is 6.61 Å². The molecule has 12 heavy (non-hydrogen) atoms. The Balaban J connectivity index is 2.52. The maximum Gasteiger partial charge on any atom is 0.345 e. The van der Waals surface area contributed by atoms with Crippen LogP contribution in [0, 0.1) is 6.92 Å². The Morgan fingerprint density at radius 3 is 2.92 bits per heavy atom. The predicted molar refractivity (Wildman–Crippen MR) is 37.6 cm³/mol. The van der Waals surface area contributed by atoms with Crippen LogP contribution < -0.4 is 0 Å². The quantitative estimate of drug-likeness (QED) is 0.696. The highest BCUT2D eigenvalue weighted by Crippen LogP contribution is 2.00. The smallest absolute Gasteiger partial charge is 0.315 e. The Kier molecular flexibility index (Phi) is 3.04. The first-order valence-electron chi connectivity index (χ1n) is 3.37. The van der Waals surface area contributed by atoms with E-state index >= 15 is 0 Å². The van der Waals surface area contributed by atoms with Crippen molar-refractivity contribution in [3.8, 4) is 0 Å². The van der Waals surface area contributed by atoms with Gasteiger partial charge in [0.1, 0.15) is 6.61 Å². The van der Waals surface area contributed by atoms with E-state index in [2.05, 4.69) is 14.7 Å². The van der Waals surface area contributed by atoms with Gasteiger partial charge in [0, 0.05) is 11.9 Å². The molecule has 0 amide bonds. The van der Waals surface area contributed by atoms with Crippen molar-refractivity contribution in [3.63, 3.8) is 0 Å². The number of aryl methyl sites for hydroxylation is 1. The van der Waals surface area contributed by atoms with Gasteiger partial charge < -0.3 is 4.74 Å². The number of halogens is 2. The molecule has 1 aromatic rings. The van der Waals surface area contributed by atoms with Crippen LogP contribution in [0.2, 0.25) is 0 Å². The molecule has 0 bridgehead atoms. The first-order chi connectivity index (χ1) is 5.68. The zero-order valence-electron chi connectivity index (χ0n) is 6.50. The summed E-state index contributed by atoms with van der Waals surface area (Å²) in [5.41, 5.74) is 0.734. The average molecular weight is 174 g/mol. The van der Waals surface area contributed by atoms with Gasteiger partial charge in [-0.25, -0.2) is 9.97 Å². The van der Waals surface area contributed by atoms with E-state index < -0.39 is 6.61 Å². The van der Waals surface area contributed by atoms with Crippen LogP contribution in [-0.4, -0.2) is 16.6 Å². The summed E-state index contributed by atoms with van der Waals surface area (Å²) in [5.74, 6) is 0.273. The summed E-state index contributed by atoms with van der Waals surface area (Å²) in [6.07, 6.45) is 1.51. The van der Waals surface area contributed by atoms with Gasteiger partial charge in [0.15, 0.2) is 5.82 Å². The highest BCUT2D eigenvalue weighted by molar-refractivity contribution is 4.98. The molecule has 0 aromatic carbocycles. The Morgan fingerprint density at radius 1 is 1.58 bits per heavy atom. The van der Waals surface area contributed by atoms with Crippen LogP contribution in [0.1, 0.15) is 11.5 Å². The van der Waals surface area contributed by atoms with Gasteiger partial charge in [-0.2, -0.15) is 8.78 Å². The number of nitrogens with zero attached hydrogens (tertiary/aromatic N) is 2. The Labute approximate surface area is 68.4 Å². The molecule has 1 aromatic heterocycles. The van der Waals surface area contributed by atoms with Crippen molar-refractivity contribution in [2.24, 2.45) is 0 Å². The third kappa shape index (κ3) is 2.87. The van der Waals surface area contributed by atoms with Gasteiger partial charge in [0.25, 0.3) is 0 Å². The van der Waals surface area contributed by atoms with E-state index in [-0.39, 0.29) is 12.4 Å². The lowest BCUT2D eigenvalue weighted by Crippen LogP contribution is -2.03. The fourth-order valence-corrected chi connectivity index (χ4v) is 0.708. The summed E-state index contributed by atoms with van der Waals surface area (Å²) in [6.45, 7) is -1.26. The second-order valence-corrected chi connectivity index (χ2v) is 2.19. The van der Waals surface area contributed by atoms with Crippen molar-refractivity contribution >= 4 is 0 Å². The van der Waals surface area contributed by atoms with Crippen LogP contribution in [0.15, 0.2) is 12.3 Å². The molecule has 0 saturated carbocycles. The molecule has 1 heterocycles.